The van der Waals surface area contributed by atoms with E-state index in [0.29, 0.717) is 25.6 Å². The summed E-state index contributed by atoms with van der Waals surface area (Å²) in [5.74, 6) is 1.41. The monoisotopic (exact) mass is 352 g/mol. The molecule has 1 aromatic carbocycles. The molecular weight excluding hydrogens is 328 g/mol. The van der Waals surface area contributed by atoms with Crippen LogP contribution in [0.1, 0.15) is 45.5 Å². The molecule has 1 aliphatic heterocycles. The van der Waals surface area contributed by atoms with Crippen molar-refractivity contribution in [3.8, 4) is 0 Å². The molecule has 1 fully saturated rings. The molecule has 6 nitrogen and oxygen atoms in total. The van der Waals surface area contributed by atoms with E-state index in [2.05, 4.69) is 27.4 Å². The highest BCUT2D eigenvalue weighted by molar-refractivity contribution is 5.95. The van der Waals surface area contributed by atoms with Gasteiger partial charge in [-0.05, 0) is 49.4 Å². The number of aromatic nitrogens is 2. The van der Waals surface area contributed by atoms with Crippen molar-refractivity contribution < 1.29 is 9.53 Å². The van der Waals surface area contributed by atoms with Gasteiger partial charge >= 0.3 is 0 Å². The van der Waals surface area contributed by atoms with Crippen molar-refractivity contribution in [1.29, 1.82) is 0 Å². The molecule has 0 saturated carbocycles. The quantitative estimate of drug-likeness (QED) is 0.919. The number of nitrogens with zero attached hydrogens (tertiary/aromatic N) is 3. The molecule has 2 aliphatic rings. The van der Waals surface area contributed by atoms with Crippen LogP contribution < -0.4 is 5.32 Å². The number of carbonyl (C=O) groups is 1. The van der Waals surface area contributed by atoms with Gasteiger partial charge in [-0.1, -0.05) is 6.07 Å². The van der Waals surface area contributed by atoms with Crippen molar-refractivity contribution in [3.05, 3.63) is 52.5 Å². The summed E-state index contributed by atoms with van der Waals surface area (Å²) >= 11 is 0. The Hall–Kier alpha value is -2.47. The Labute approximate surface area is 153 Å². The molecule has 2 aromatic rings. The molecule has 0 spiro atoms. The molecule has 1 unspecified atom stereocenters. The molecule has 1 amide bonds. The van der Waals surface area contributed by atoms with Crippen LogP contribution in [0.5, 0.6) is 0 Å². The maximum Gasteiger partial charge on any atom is 0.254 e. The Morgan fingerprint density at radius 2 is 2.08 bits per heavy atom. The lowest BCUT2D eigenvalue weighted by Gasteiger charge is -2.35. The summed E-state index contributed by atoms with van der Waals surface area (Å²) in [7, 11) is 1.83. The van der Waals surface area contributed by atoms with Crippen LogP contribution in [0.4, 0.5) is 5.82 Å². The maximum atomic E-state index is 13.2. The van der Waals surface area contributed by atoms with E-state index in [1.165, 1.54) is 17.5 Å². The number of anilines is 1. The summed E-state index contributed by atoms with van der Waals surface area (Å²) in [6.45, 7) is 3.44. The summed E-state index contributed by atoms with van der Waals surface area (Å²) in [6, 6.07) is 7.74. The number of aryl methyl sites for hydroxylation is 3. The van der Waals surface area contributed by atoms with E-state index in [-0.39, 0.29) is 11.9 Å². The molecule has 1 saturated heterocycles. The topological polar surface area (TPSA) is 67.4 Å². The SMILES string of the molecule is CNc1cc(C)nc(C2COCCN2C(=O)c2ccc3c(c2)CCC3)n1. The number of morpholine rings is 1. The average molecular weight is 352 g/mol. The van der Waals surface area contributed by atoms with Crippen LogP contribution >= 0.6 is 0 Å². The predicted molar refractivity (Wildman–Crippen MR) is 99.4 cm³/mol. The molecule has 6 heteroatoms. The van der Waals surface area contributed by atoms with Crippen molar-refractivity contribution in [1.82, 2.24) is 14.9 Å². The van der Waals surface area contributed by atoms with Crippen LogP contribution in [0.25, 0.3) is 0 Å². The number of carbonyl (C=O) groups excluding carboxylic acids is 1. The lowest BCUT2D eigenvalue weighted by molar-refractivity contribution is -0.00523. The van der Waals surface area contributed by atoms with Gasteiger partial charge in [0.1, 0.15) is 11.9 Å². The second-order valence-corrected chi connectivity index (χ2v) is 6.93. The Morgan fingerprint density at radius 1 is 1.23 bits per heavy atom. The van der Waals surface area contributed by atoms with Gasteiger partial charge in [-0.15, -0.1) is 0 Å². The van der Waals surface area contributed by atoms with Gasteiger partial charge in [0.15, 0.2) is 5.82 Å². The van der Waals surface area contributed by atoms with Crippen molar-refractivity contribution in [3.63, 3.8) is 0 Å². The number of rotatable bonds is 3. The summed E-state index contributed by atoms with van der Waals surface area (Å²) in [5, 5.41) is 3.06. The minimum Gasteiger partial charge on any atom is -0.377 e. The maximum absolute atomic E-state index is 13.2. The lowest BCUT2D eigenvalue weighted by Crippen LogP contribution is -2.44. The highest BCUT2D eigenvalue weighted by Gasteiger charge is 2.32. The van der Waals surface area contributed by atoms with Crippen LogP contribution in [-0.4, -0.2) is 47.6 Å². The van der Waals surface area contributed by atoms with E-state index in [1.807, 2.05) is 31.0 Å². The number of benzene rings is 1. The second kappa shape index (κ2) is 7.03. The molecular formula is C20H24N4O2. The third kappa shape index (κ3) is 3.17. The lowest BCUT2D eigenvalue weighted by atomic mass is 10.0. The first kappa shape index (κ1) is 17.0. The number of nitrogens with one attached hydrogen (secondary N) is 1. The van der Waals surface area contributed by atoms with E-state index >= 15 is 0 Å². The van der Waals surface area contributed by atoms with Crippen LogP contribution in [-0.2, 0) is 17.6 Å². The largest absolute Gasteiger partial charge is 0.377 e. The fourth-order valence-corrected chi connectivity index (χ4v) is 3.80. The first-order valence-corrected chi connectivity index (χ1v) is 9.19. The Morgan fingerprint density at radius 3 is 2.92 bits per heavy atom. The molecule has 2 heterocycles. The van der Waals surface area contributed by atoms with Gasteiger partial charge in [-0.3, -0.25) is 4.79 Å². The Balaban J connectivity index is 1.65. The fourth-order valence-electron chi connectivity index (χ4n) is 3.80. The minimum atomic E-state index is -0.267. The minimum absolute atomic E-state index is 0.0316. The predicted octanol–water partition coefficient (Wildman–Crippen LogP) is 2.53. The Bertz CT molecular complexity index is 837. The zero-order valence-electron chi connectivity index (χ0n) is 15.3. The van der Waals surface area contributed by atoms with E-state index < -0.39 is 0 Å². The van der Waals surface area contributed by atoms with Gasteiger partial charge in [-0.25, -0.2) is 9.97 Å². The fraction of sp³-hybridized carbons (Fsp3) is 0.450. The zero-order chi connectivity index (χ0) is 18.1. The van der Waals surface area contributed by atoms with Crippen LogP contribution in [0.3, 0.4) is 0 Å². The molecule has 1 N–H and O–H groups in total. The normalized spacial score (nSPS) is 19.3. The Kier molecular flexibility index (Phi) is 4.59. The van der Waals surface area contributed by atoms with Crippen LogP contribution in [0.15, 0.2) is 24.3 Å². The number of hydrogen-bond donors (Lipinski definition) is 1. The van der Waals surface area contributed by atoms with Gasteiger partial charge in [0.05, 0.1) is 13.2 Å². The molecule has 26 heavy (non-hydrogen) atoms. The number of fused-ring (bicyclic) bond motifs is 1. The summed E-state index contributed by atoms with van der Waals surface area (Å²) in [6.07, 6.45) is 3.36. The molecule has 1 aromatic heterocycles. The average Bonchev–Trinajstić information content (AvgIpc) is 3.14. The second-order valence-electron chi connectivity index (χ2n) is 6.93. The first-order valence-electron chi connectivity index (χ1n) is 9.19. The third-order valence-electron chi connectivity index (χ3n) is 5.16. The standard InChI is InChI=1S/C20H24N4O2/c1-13-10-18(21-2)23-19(22-13)17-12-26-9-8-24(17)20(25)16-7-6-14-4-3-5-15(14)11-16/h6-7,10-11,17H,3-5,8-9,12H2,1-2H3,(H,21,22,23). The highest BCUT2D eigenvalue weighted by atomic mass is 16.5. The van der Waals surface area contributed by atoms with E-state index in [4.69, 9.17) is 4.74 Å². The van der Waals surface area contributed by atoms with Crippen molar-refractivity contribution in [2.75, 3.05) is 32.1 Å². The first-order chi connectivity index (χ1) is 12.7. The van der Waals surface area contributed by atoms with Crippen molar-refractivity contribution in [2.24, 2.45) is 0 Å². The smallest absolute Gasteiger partial charge is 0.254 e. The number of amides is 1. The van der Waals surface area contributed by atoms with Gasteiger partial charge in [0.25, 0.3) is 5.91 Å². The highest BCUT2D eigenvalue weighted by Crippen LogP contribution is 2.27. The van der Waals surface area contributed by atoms with E-state index in [0.717, 1.165) is 29.9 Å². The molecule has 1 aliphatic carbocycles. The molecule has 0 bridgehead atoms. The van der Waals surface area contributed by atoms with Gasteiger partial charge < -0.3 is 15.0 Å². The van der Waals surface area contributed by atoms with Crippen LogP contribution in [0, 0.1) is 6.92 Å². The molecule has 0 radical (unpaired) electrons. The van der Waals surface area contributed by atoms with Crippen molar-refractivity contribution >= 4 is 11.7 Å². The van der Waals surface area contributed by atoms with Gasteiger partial charge in [0.2, 0.25) is 0 Å². The molecule has 1 atom stereocenters. The number of hydrogen-bond acceptors (Lipinski definition) is 5. The third-order valence-corrected chi connectivity index (χ3v) is 5.16. The summed E-state index contributed by atoms with van der Waals surface area (Å²) in [5.41, 5.74) is 4.31. The van der Waals surface area contributed by atoms with E-state index in [1.54, 1.807) is 0 Å². The summed E-state index contributed by atoms with van der Waals surface area (Å²) in [4.78, 5) is 24.2. The van der Waals surface area contributed by atoms with E-state index in [9.17, 15) is 4.79 Å². The van der Waals surface area contributed by atoms with Gasteiger partial charge in [-0.2, -0.15) is 0 Å². The molecule has 4 rings (SSSR count). The molecule has 136 valence electrons. The zero-order valence-corrected chi connectivity index (χ0v) is 15.3. The van der Waals surface area contributed by atoms with Gasteiger partial charge in [0, 0.05) is 30.9 Å². The number of ether oxygens (including phenoxy) is 1. The van der Waals surface area contributed by atoms with Crippen molar-refractivity contribution in [2.45, 2.75) is 32.2 Å². The van der Waals surface area contributed by atoms with Crippen LogP contribution in [0.2, 0.25) is 0 Å². The summed E-state index contributed by atoms with van der Waals surface area (Å²) < 4.78 is 5.65.